The van der Waals surface area contributed by atoms with Gasteiger partial charge in [0.2, 0.25) is 0 Å². The lowest BCUT2D eigenvalue weighted by atomic mass is 10.2. The van der Waals surface area contributed by atoms with E-state index in [4.69, 9.17) is 5.11 Å². The Balaban J connectivity index is 3.08. The molecule has 0 spiro atoms. The van der Waals surface area contributed by atoms with Crippen LogP contribution in [0.3, 0.4) is 0 Å². The van der Waals surface area contributed by atoms with E-state index in [1.54, 1.807) is 6.20 Å². The third kappa shape index (κ3) is 4.14. The number of aromatic nitrogens is 2. The summed E-state index contributed by atoms with van der Waals surface area (Å²) in [6.45, 7) is 9.00. The van der Waals surface area contributed by atoms with Gasteiger partial charge in [-0.05, 0) is 20.3 Å². The van der Waals surface area contributed by atoms with Crippen molar-refractivity contribution in [2.24, 2.45) is 0 Å². The van der Waals surface area contributed by atoms with Gasteiger partial charge in [-0.25, -0.2) is 9.97 Å². The van der Waals surface area contributed by atoms with Crippen molar-refractivity contribution in [2.45, 2.75) is 52.7 Å². The number of anilines is 1. The lowest BCUT2D eigenvalue weighted by Crippen LogP contribution is -2.33. The van der Waals surface area contributed by atoms with Gasteiger partial charge in [0.1, 0.15) is 5.82 Å². The van der Waals surface area contributed by atoms with E-state index in [1.807, 2.05) is 13.8 Å². The molecule has 108 valence electrons. The molecule has 5 heteroatoms. The zero-order chi connectivity index (χ0) is 14.4. The van der Waals surface area contributed by atoms with Gasteiger partial charge < -0.3 is 15.1 Å². The first kappa shape index (κ1) is 15.9. The molecular weight excluding hydrogens is 242 g/mol. The molecule has 1 heterocycles. The smallest absolute Gasteiger partial charge is 0.131 e. The van der Waals surface area contributed by atoms with E-state index in [-0.39, 0.29) is 25.2 Å². The average Bonchev–Trinajstić information content (AvgIpc) is 2.38. The Morgan fingerprint density at radius 1 is 1.21 bits per heavy atom. The van der Waals surface area contributed by atoms with E-state index in [9.17, 15) is 5.11 Å². The fourth-order valence-corrected chi connectivity index (χ4v) is 1.96. The lowest BCUT2D eigenvalue weighted by molar-refractivity contribution is 0.275. The Morgan fingerprint density at radius 2 is 1.89 bits per heavy atom. The van der Waals surface area contributed by atoms with Crippen molar-refractivity contribution in [3.05, 3.63) is 17.7 Å². The third-order valence-electron chi connectivity index (χ3n) is 3.02. The second kappa shape index (κ2) is 7.40. The van der Waals surface area contributed by atoms with Crippen LogP contribution in [-0.4, -0.2) is 39.4 Å². The molecule has 0 saturated heterocycles. The first-order valence-electron chi connectivity index (χ1n) is 6.85. The van der Waals surface area contributed by atoms with E-state index in [2.05, 4.69) is 28.7 Å². The Kier molecular flexibility index (Phi) is 6.18. The molecule has 0 atom stereocenters. The van der Waals surface area contributed by atoms with Gasteiger partial charge in [-0.2, -0.15) is 0 Å². The zero-order valence-electron chi connectivity index (χ0n) is 12.3. The molecule has 0 saturated carbocycles. The van der Waals surface area contributed by atoms with Crippen molar-refractivity contribution in [2.75, 3.05) is 18.1 Å². The van der Waals surface area contributed by atoms with Gasteiger partial charge in [-0.1, -0.05) is 13.8 Å². The topological polar surface area (TPSA) is 69.5 Å². The highest BCUT2D eigenvalue weighted by Gasteiger charge is 2.17. The molecule has 0 amide bonds. The zero-order valence-corrected chi connectivity index (χ0v) is 12.3. The van der Waals surface area contributed by atoms with Crippen molar-refractivity contribution in [1.82, 2.24) is 9.97 Å². The van der Waals surface area contributed by atoms with Gasteiger partial charge in [0.15, 0.2) is 0 Å². The summed E-state index contributed by atoms with van der Waals surface area (Å²) in [5, 5.41) is 18.5. The molecule has 2 N–H and O–H groups in total. The minimum atomic E-state index is -0.0973. The number of nitrogens with zero attached hydrogens (tertiary/aromatic N) is 3. The maximum absolute atomic E-state index is 9.51. The Labute approximate surface area is 115 Å². The van der Waals surface area contributed by atoms with E-state index in [0.717, 1.165) is 18.1 Å². The van der Waals surface area contributed by atoms with E-state index in [0.29, 0.717) is 12.1 Å². The summed E-state index contributed by atoms with van der Waals surface area (Å²) in [5.41, 5.74) is 1.51. The van der Waals surface area contributed by atoms with Gasteiger partial charge in [-0.3, -0.25) is 0 Å². The maximum Gasteiger partial charge on any atom is 0.131 e. The van der Waals surface area contributed by atoms with Crippen molar-refractivity contribution in [3.8, 4) is 0 Å². The van der Waals surface area contributed by atoms with Crippen molar-refractivity contribution < 1.29 is 10.2 Å². The van der Waals surface area contributed by atoms with Gasteiger partial charge in [0.05, 0.1) is 24.2 Å². The van der Waals surface area contributed by atoms with Crippen LogP contribution >= 0.6 is 0 Å². The van der Waals surface area contributed by atoms with Crippen molar-refractivity contribution in [3.63, 3.8) is 0 Å². The number of aliphatic hydroxyl groups excluding tert-OH is 2. The Morgan fingerprint density at radius 3 is 2.37 bits per heavy atom. The minimum Gasteiger partial charge on any atom is -0.396 e. The predicted octanol–water partition coefficient (Wildman–Crippen LogP) is 1.69. The second-order valence-corrected chi connectivity index (χ2v) is 5.24. The molecule has 0 radical (unpaired) electrons. The molecule has 0 aliphatic heterocycles. The summed E-state index contributed by atoms with van der Waals surface area (Å²) < 4.78 is 0. The highest BCUT2D eigenvalue weighted by Crippen LogP contribution is 2.22. The lowest BCUT2D eigenvalue weighted by Gasteiger charge is -2.30. The van der Waals surface area contributed by atoms with Gasteiger partial charge in [0.25, 0.3) is 0 Å². The molecule has 1 aromatic rings. The summed E-state index contributed by atoms with van der Waals surface area (Å²) >= 11 is 0. The fourth-order valence-electron chi connectivity index (χ4n) is 1.96. The molecule has 0 aliphatic carbocycles. The summed E-state index contributed by atoms with van der Waals surface area (Å²) in [4.78, 5) is 10.9. The largest absolute Gasteiger partial charge is 0.396 e. The maximum atomic E-state index is 9.51. The Hall–Kier alpha value is -1.20. The van der Waals surface area contributed by atoms with Gasteiger partial charge in [0, 0.05) is 25.1 Å². The van der Waals surface area contributed by atoms with Crippen LogP contribution in [0.4, 0.5) is 5.69 Å². The molecule has 1 aromatic heterocycles. The van der Waals surface area contributed by atoms with Crippen molar-refractivity contribution >= 4 is 5.69 Å². The second-order valence-electron chi connectivity index (χ2n) is 5.24. The number of rotatable bonds is 7. The predicted molar refractivity (Wildman–Crippen MR) is 76.2 cm³/mol. The molecule has 0 aromatic carbocycles. The van der Waals surface area contributed by atoms with Gasteiger partial charge >= 0.3 is 0 Å². The van der Waals surface area contributed by atoms with Crippen LogP contribution < -0.4 is 4.90 Å². The SMILES string of the molecule is CC(C)c1ncc(N(CCCO)C(C)C)c(CO)n1. The molecule has 0 aliphatic rings. The average molecular weight is 267 g/mol. The number of hydrogen-bond acceptors (Lipinski definition) is 5. The highest BCUT2D eigenvalue weighted by atomic mass is 16.3. The summed E-state index contributed by atoms with van der Waals surface area (Å²) in [7, 11) is 0. The quantitative estimate of drug-likeness (QED) is 0.786. The third-order valence-corrected chi connectivity index (χ3v) is 3.02. The number of aliphatic hydroxyl groups is 2. The first-order chi connectivity index (χ1) is 9.01. The van der Waals surface area contributed by atoms with E-state index in [1.165, 1.54) is 0 Å². The molecular formula is C14H25N3O2. The monoisotopic (exact) mass is 267 g/mol. The molecule has 5 nitrogen and oxygen atoms in total. The van der Waals surface area contributed by atoms with Crippen LogP contribution in [0, 0.1) is 0 Å². The van der Waals surface area contributed by atoms with Crippen LogP contribution in [0.2, 0.25) is 0 Å². The van der Waals surface area contributed by atoms with Crippen LogP contribution in [-0.2, 0) is 6.61 Å². The Bertz CT molecular complexity index is 394. The normalized spacial score (nSPS) is 11.4. The molecule has 1 rings (SSSR count). The van der Waals surface area contributed by atoms with Crippen LogP contribution in [0.25, 0.3) is 0 Å². The molecule has 0 bridgehead atoms. The molecule has 0 unspecified atom stereocenters. The summed E-state index contributed by atoms with van der Waals surface area (Å²) in [6, 6.07) is 0.269. The minimum absolute atomic E-state index is 0.0973. The molecule has 0 fully saturated rings. The first-order valence-corrected chi connectivity index (χ1v) is 6.85. The summed E-state index contributed by atoms with van der Waals surface area (Å²) in [6.07, 6.45) is 2.47. The standard InChI is InChI=1S/C14H25N3O2/c1-10(2)14-15-8-13(12(9-19)16-14)17(11(3)4)6-5-7-18/h8,10-11,18-19H,5-7,9H2,1-4H3. The highest BCUT2D eigenvalue weighted by molar-refractivity contribution is 5.49. The fraction of sp³-hybridized carbons (Fsp3) is 0.714. The summed E-state index contributed by atoms with van der Waals surface area (Å²) in [5.74, 6) is 0.989. The van der Waals surface area contributed by atoms with Crippen molar-refractivity contribution in [1.29, 1.82) is 0 Å². The van der Waals surface area contributed by atoms with E-state index >= 15 is 0 Å². The molecule has 19 heavy (non-hydrogen) atoms. The van der Waals surface area contributed by atoms with Crippen LogP contribution in [0.15, 0.2) is 6.20 Å². The van der Waals surface area contributed by atoms with Crippen LogP contribution in [0.1, 0.15) is 51.6 Å². The number of hydrogen-bond donors (Lipinski definition) is 2. The van der Waals surface area contributed by atoms with E-state index < -0.39 is 0 Å². The van der Waals surface area contributed by atoms with Gasteiger partial charge in [-0.15, -0.1) is 0 Å². The van der Waals surface area contributed by atoms with Crippen LogP contribution in [0.5, 0.6) is 0 Å².